The zero-order valence-corrected chi connectivity index (χ0v) is 15.7. The number of nitrogens with zero attached hydrogens (tertiary/aromatic N) is 2. The summed E-state index contributed by atoms with van der Waals surface area (Å²) in [5.41, 5.74) is 0.962. The molecule has 0 radical (unpaired) electrons. The maximum absolute atomic E-state index is 13.3. The Labute approximate surface area is 159 Å². The Balaban J connectivity index is 1.60. The van der Waals surface area contributed by atoms with Gasteiger partial charge in [0, 0.05) is 32.6 Å². The van der Waals surface area contributed by atoms with Gasteiger partial charge in [-0.2, -0.15) is 0 Å². The van der Waals surface area contributed by atoms with Gasteiger partial charge in [-0.3, -0.25) is 14.5 Å². The minimum Gasteiger partial charge on any atom is -0.379 e. The molecule has 2 amide bonds. The Kier molecular flexibility index (Phi) is 7.18. The van der Waals surface area contributed by atoms with Crippen LogP contribution >= 0.6 is 0 Å². The molecule has 0 aromatic heterocycles. The number of carbonyl (C=O) groups excluding carboxylic acids is 2. The van der Waals surface area contributed by atoms with Gasteiger partial charge in [0.1, 0.15) is 5.82 Å². The molecule has 148 valence electrons. The highest BCUT2D eigenvalue weighted by atomic mass is 19.1. The highest BCUT2D eigenvalue weighted by Crippen LogP contribution is 2.21. The summed E-state index contributed by atoms with van der Waals surface area (Å²) < 4.78 is 18.7. The zero-order chi connectivity index (χ0) is 19.1. The molecule has 1 N–H and O–H groups in total. The van der Waals surface area contributed by atoms with Crippen molar-refractivity contribution in [1.82, 2.24) is 15.1 Å². The molecule has 2 saturated heterocycles. The Morgan fingerprint density at radius 2 is 1.85 bits per heavy atom. The number of likely N-dealkylation sites (tertiary alicyclic amines) is 1. The van der Waals surface area contributed by atoms with E-state index in [1.807, 2.05) is 0 Å². The van der Waals surface area contributed by atoms with E-state index in [1.54, 1.807) is 17.0 Å². The van der Waals surface area contributed by atoms with Gasteiger partial charge < -0.3 is 15.0 Å². The lowest BCUT2D eigenvalue weighted by Gasteiger charge is -2.35. The number of carbonyl (C=O) groups is 2. The normalized spacial score (nSPS) is 20.2. The van der Waals surface area contributed by atoms with Crippen molar-refractivity contribution in [3.8, 4) is 0 Å². The van der Waals surface area contributed by atoms with E-state index in [4.69, 9.17) is 4.74 Å². The first-order valence-corrected chi connectivity index (χ1v) is 9.75. The van der Waals surface area contributed by atoms with Crippen LogP contribution in [0.1, 0.15) is 37.3 Å². The Hall–Kier alpha value is -1.99. The van der Waals surface area contributed by atoms with Crippen LogP contribution in [0.25, 0.3) is 0 Å². The van der Waals surface area contributed by atoms with Crippen LogP contribution in [-0.2, 0) is 14.3 Å². The second-order valence-electron chi connectivity index (χ2n) is 7.15. The molecule has 0 saturated carbocycles. The lowest BCUT2D eigenvalue weighted by Crippen LogP contribution is -2.46. The molecule has 2 aliphatic rings. The van der Waals surface area contributed by atoms with E-state index in [1.165, 1.54) is 12.1 Å². The van der Waals surface area contributed by atoms with Gasteiger partial charge in [-0.25, -0.2) is 4.39 Å². The van der Waals surface area contributed by atoms with Gasteiger partial charge in [0.2, 0.25) is 11.8 Å². The van der Waals surface area contributed by atoms with Gasteiger partial charge in [-0.1, -0.05) is 18.6 Å². The summed E-state index contributed by atoms with van der Waals surface area (Å²) >= 11 is 0. The first-order valence-electron chi connectivity index (χ1n) is 9.75. The average Bonchev–Trinajstić information content (AvgIpc) is 2.88. The number of benzene rings is 1. The van der Waals surface area contributed by atoms with Crippen LogP contribution in [-0.4, -0.2) is 67.6 Å². The fraction of sp³-hybridized carbons (Fsp3) is 0.600. The van der Waals surface area contributed by atoms with E-state index in [9.17, 15) is 14.0 Å². The standard InChI is InChI=1S/C20H28FN3O3/c21-17-7-5-16(6-8-17)18(23-10-12-27-13-11-23)14-22-19(25)15-24-9-3-1-2-4-20(24)26/h5-8,18H,1-4,9-15H2,(H,22,25). The van der Waals surface area contributed by atoms with Gasteiger partial charge >= 0.3 is 0 Å². The number of rotatable bonds is 6. The molecular weight excluding hydrogens is 349 g/mol. The second-order valence-corrected chi connectivity index (χ2v) is 7.15. The summed E-state index contributed by atoms with van der Waals surface area (Å²) in [6.45, 7) is 4.01. The largest absolute Gasteiger partial charge is 0.379 e. The topological polar surface area (TPSA) is 61.9 Å². The molecular formula is C20H28FN3O3. The number of hydrogen-bond donors (Lipinski definition) is 1. The molecule has 0 aliphatic carbocycles. The molecule has 3 rings (SSSR count). The Morgan fingerprint density at radius 1 is 1.11 bits per heavy atom. The number of halogens is 1. The fourth-order valence-corrected chi connectivity index (χ4v) is 3.68. The molecule has 27 heavy (non-hydrogen) atoms. The quantitative estimate of drug-likeness (QED) is 0.820. The van der Waals surface area contributed by atoms with E-state index < -0.39 is 0 Å². The number of hydrogen-bond acceptors (Lipinski definition) is 4. The number of nitrogens with one attached hydrogen (secondary N) is 1. The van der Waals surface area contributed by atoms with Crippen LogP contribution in [0.3, 0.4) is 0 Å². The highest BCUT2D eigenvalue weighted by molar-refractivity contribution is 5.84. The fourth-order valence-electron chi connectivity index (χ4n) is 3.68. The second kappa shape index (κ2) is 9.80. The summed E-state index contributed by atoms with van der Waals surface area (Å²) in [7, 11) is 0. The third-order valence-corrected chi connectivity index (χ3v) is 5.24. The van der Waals surface area contributed by atoms with Crippen LogP contribution in [0.2, 0.25) is 0 Å². The Morgan fingerprint density at radius 3 is 2.59 bits per heavy atom. The van der Waals surface area contributed by atoms with E-state index in [2.05, 4.69) is 10.2 Å². The Bertz CT molecular complexity index is 632. The molecule has 6 nitrogen and oxygen atoms in total. The maximum atomic E-state index is 13.3. The zero-order valence-electron chi connectivity index (χ0n) is 15.7. The van der Waals surface area contributed by atoms with Crippen molar-refractivity contribution < 1.29 is 18.7 Å². The van der Waals surface area contributed by atoms with Crippen LogP contribution in [0.5, 0.6) is 0 Å². The number of amides is 2. The van der Waals surface area contributed by atoms with E-state index >= 15 is 0 Å². The van der Waals surface area contributed by atoms with Crippen LogP contribution in [0.4, 0.5) is 4.39 Å². The third kappa shape index (κ3) is 5.74. The van der Waals surface area contributed by atoms with Crippen molar-refractivity contribution in [2.45, 2.75) is 31.7 Å². The lowest BCUT2D eigenvalue weighted by molar-refractivity contribution is -0.135. The molecule has 0 spiro atoms. The first kappa shape index (κ1) is 19.8. The summed E-state index contributed by atoms with van der Waals surface area (Å²) in [6.07, 6.45) is 3.42. The van der Waals surface area contributed by atoms with Gasteiger partial charge in [0.25, 0.3) is 0 Å². The molecule has 1 aromatic rings. The summed E-state index contributed by atoms with van der Waals surface area (Å²) in [5, 5.41) is 2.97. The molecule has 2 heterocycles. The molecule has 2 aliphatic heterocycles. The molecule has 7 heteroatoms. The number of ether oxygens (including phenoxy) is 1. The predicted molar refractivity (Wildman–Crippen MR) is 99.6 cm³/mol. The van der Waals surface area contributed by atoms with Crippen molar-refractivity contribution >= 4 is 11.8 Å². The van der Waals surface area contributed by atoms with Crippen molar-refractivity contribution in [2.24, 2.45) is 0 Å². The van der Waals surface area contributed by atoms with Crippen LogP contribution in [0, 0.1) is 5.82 Å². The molecule has 1 atom stereocenters. The summed E-state index contributed by atoms with van der Waals surface area (Å²) in [5.74, 6) is -0.361. The molecule has 0 bridgehead atoms. The van der Waals surface area contributed by atoms with Crippen molar-refractivity contribution in [2.75, 3.05) is 45.9 Å². The van der Waals surface area contributed by atoms with Gasteiger partial charge in [0.15, 0.2) is 0 Å². The van der Waals surface area contributed by atoms with Crippen molar-refractivity contribution in [3.05, 3.63) is 35.6 Å². The van der Waals surface area contributed by atoms with Crippen molar-refractivity contribution in [1.29, 1.82) is 0 Å². The van der Waals surface area contributed by atoms with E-state index in [0.29, 0.717) is 32.7 Å². The smallest absolute Gasteiger partial charge is 0.239 e. The summed E-state index contributed by atoms with van der Waals surface area (Å²) in [6, 6.07) is 6.37. The van der Waals surface area contributed by atoms with Crippen LogP contribution in [0.15, 0.2) is 24.3 Å². The summed E-state index contributed by atoms with van der Waals surface area (Å²) in [4.78, 5) is 28.4. The van der Waals surface area contributed by atoms with Gasteiger partial charge in [-0.05, 0) is 30.5 Å². The maximum Gasteiger partial charge on any atom is 0.239 e. The lowest BCUT2D eigenvalue weighted by atomic mass is 10.0. The minimum absolute atomic E-state index is 0.0433. The minimum atomic E-state index is -0.275. The monoisotopic (exact) mass is 377 g/mol. The van der Waals surface area contributed by atoms with Gasteiger partial charge in [0.05, 0.1) is 25.8 Å². The van der Waals surface area contributed by atoms with Gasteiger partial charge in [-0.15, -0.1) is 0 Å². The number of morpholine rings is 1. The van der Waals surface area contributed by atoms with E-state index in [0.717, 1.165) is 37.9 Å². The average molecular weight is 377 g/mol. The third-order valence-electron chi connectivity index (χ3n) is 5.24. The highest BCUT2D eigenvalue weighted by Gasteiger charge is 2.24. The first-order chi connectivity index (χ1) is 13.1. The van der Waals surface area contributed by atoms with Crippen molar-refractivity contribution in [3.63, 3.8) is 0 Å². The van der Waals surface area contributed by atoms with Crippen LogP contribution < -0.4 is 5.32 Å². The molecule has 2 fully saturated rings. The van der Waals surface area contributed by atoms with E-state index in [-0.39, 0.29) is 30.2 Å². The molecule has 1 unspecified atom stereocenters. The SMILES string of the molecule is O=C(CN1CCCCCC1=O)NCC(c1ccc(F)cc1)N1CCOCC1. The predicted octanol–water partition coefficient (Wildman–Crippen LogP) is 1.72. The molecule has 1 aromatic carbocycles.